The van der Waals surface area contributed by atoms with E-state index in [4.69, 9.17) is 4.74 Å². The average molecular weight is 377 g/mol. The second-order valence-electron chi connectivity index (χ2n) is 4.94. The predicted octanol–water partition coefficient (Wildman–Crippen LogP) is 2.94. The van der Waals surface area contributed by atoms with Gasteiger partial charge < -0.3 is 15.2 Å². The number of hydrogen-bond acceptors (Lipinski definition) is 3. The molecule has 0 aliphatic carbocycles. The van der Waals surface area contributed by atoms with E-state index in [0.29, 0.717) is 5.56 Å². The summed E-state index contributed by atoms with van der Waals surface area (Å²) in [7, 11) is 0. The van der Waals surface area contributed by atoms with E-state index in [1.54, 1.807) is 45.0 Å². The van der Waals surface area contributed by atoms with E-state index in [9.17, 15) is 14.7 Å². The molecule has 0 aromatic heterocycles. The highest BCUT2D eigenvalue weighted by atomic mass is 127. The number of carbonyl (C=O) groups excluding carboxylic acids is 1. The summed E-state index contributed by atoms with van der Waals surface area (Å²) in [6.45, 7) is 5.15. The SMILES string of the molecule is CC(C)(C)OC(=O)N[C@H](C(=O)O)c1ccccc1I. The zero-order valence-corrected chi connectivity index (χ0v) is 13.1. The largest absolute Gasteiger partial charge is 0.479 e. The van der Waals surface area contributed by atoms with Gasteiger partial charge >= 0.3 is 12.1 Å². The van der Waals surface area contributed by atoms with Gasteiger partial charge in [-0.25, -0.2) is 9.59 Å². The van der Waals surface area contributed by atoms with Gasteiger partial charge in [-0.05, 0) is 55.0 Å². The summed E-state index contributed by atoms with van der Waals surface area (Å²) < 4.78 is 5.83. The van der Waals surface area contributed by atoms with Crippen molar-refractivity contribution >= 4 is 34.7 Å². The lowest BCUT2D eigenvalue weighted by molar-refractivity contribution is -0.139. The van der Waals surface area contributed by atoms with Crippen LogP contribution in [0.1, 0.15) is 32.4 Å². The molecular formula is C13H16INO4. The van der Waals surface area contributed by atoms with Crippen LogP contribution in [-0.4, -0.2) is 22.8 Å². The fourth-order valence-corrected chi connectivity index (χ4v) is 2.11. The molecule has 1 atom stereocenters. The molecule has 19 heavy (non-hydrogen) atoms. The second kappa shape index (κ2) is 6.23. The van der Waals surface area contributed by atoms with Gasteiger partial charge in [0.2, 0.25) is 0 Å². The molecule has 1 aromatic rings. The van der Waals surface area contributed by atoms with Crippen molar-refractivity contribution in [1.82, 2.24) is 5.32 Å². The minimum Gasteiger partial charge on any atom is -0.479 e. The van der Waals surface area contributed by atoms with Crippen LogP contribution in [0, 0.1) is 3.57 Å². The molecule has 0 unspecified atom stereocenters. The molecule has 0 saturated carbocycles. The highest BCUT2D eigenvalue weighted by molar-refractivity contribution is 14.1. The third-order valence-electron chi connectivity index (χ3n) is 2.12. The first-order chi connectivity index (χ1) is 8.70. The number of aliphatic carboxylic acids is 1. The van der Waals surface area contributed by atoms with Crippen molar-refractivity contribution in [3.8, 4) is 0 Å². The Kier molecular flexibility index (Phi) is 5.16. The number of hydrogen-bond donors (Lipinski definition) is 2. The van der Waals surface area contributed by atoms with Crippen molar-refractivity contribution in [3.05, 3.63) is 33.4 Å². The smallest absolute Gasteiger partial charge is 0.408 e. The number of ether oxygens (including phenoxy) is 1. The minimum absolute atomic E-state index is 0.529. The van der Waals surface area contributed by atoms with E-state index in [2.05, 4.69) is 5.32 Å². The molecular weight excluding hydrogens is 361 g/mol. The number of amides is 1. The first kappa shape index (κ1) is 15.7. The number of halogens is 1. The summed E-state index contributed by atoms with van der Waals surface area (Å²) in [5.74, 6) is -1.13. The van der Waals surface area contributed by atoms with Gasteiger partial charge in [0.25, 0.3) is 0 Å². The van der Waals surface area contributed by atoms with Crippen LogP contribution >= 0.6 is 22.6 Å². The van der Waals surface area contributed by atoms with Gasteiger partial charge in [0.05, 0.1) is 0 Å². The Bertz CT molecular complexity index is 482. The molecule has 5 nitrogen and oxygen atoms in total. The highest BCUT2D eigenvalue weighted by Gasteiger charge is 2.26. The van der Waals surface area contributed by atoms with E-state index in [-0.39, 0.29) is 0 Å². The number of nitrogens with one attached hydrogen (secondary N) is 1. The highest BCUT2D eigenvalue weighted by Crippen LogP contribution is 2.20. The number of alkyl carbamates (subject to hydrolysis) is 1. The van der Waals surface area contributed by atoms with Crippen molar-refractivity contribution in [2.24, 2.45) is 0 Å². The molecule has 0 fully saturated rings. The Hall–Kier alpha value is -1.31. The summed E-state index contributed by atoms with van der Waals surface area (Å²) >= 11 is 2.03. The van der Waals surface area contributed by atoms with Gasteiger partial charge in [-0.1, -0.05) is 18.2 Å². The summed E-state index contributed by atoms with van der Waals surface area (Å²) in [6, 6.07) is 5.85. The zero-order chi connectivity index (χ0) is 14.6. The lowest BCUT2D eigenvalue weighted by Crippen LogP contribution is -2.38. The summed E-state index contributed by atoms with van der Waals surface area (Å²) in [4.78, 5) is 22.9. The molecule has 6 heteroatoms. The molecule has 104 valence electrons. The summed E-state index contributed by atoms with van der Waals surface area (Å²) in [5, 5.41) is 11.6. The standard InChI is InChI=1S/C13H16INO4/c1-13(2,3)19-12(18)15-10(11(16)17)8-6-4-5-7-9(8)14/h4-7,10H,1-3H3,(H,15,18)(H,16,17)/t10-/m0/s1. The van der Waals surface area contributed by atoms with Gasteiger partial charge in [-0.15, -0.1) is 0 Å². The quantitative estimate of drug-likeness (QED) is 0.795. The maximum absolute atomic E-state index is 11.7. The molecule has 0 spiro atoms. The monoisotopic (exact) mass is 377 g/mol. The molecule has 0 saturated heterocycles. The van der Waals surface area contributed by atoms with Gasteiger partial charge in [-0.2, -0.15) is 0 Å². The molecule has 0 radical (unpaired) electrons. The van der Waals surface area contributed by atoms with E-state index in [1.165, 1.54) is 0 Å². The predicted molar refractivity (Wildman–Crippen MR) is 78.9 cm³/mol. The van der Waals surface area contributed by atoms with Crippen LogP contribution < -0.4 is 5.32 Å². The van der Waals surface area contributed by atoms with Crippen LogP contribution in [0.4, 0.5) is 4.79 Å². The van der Waals surface area contributed by atoms with Crippen molar-refractivity contribution in [3.63, 3.8) is 0 Å². The lowest BCUT2D eigenvalue weighted by Gasteiger charge is -2.22. The van der Waals surface area contributed by atoms with Crippen molar-refractivity contribution in [2.75, 3.05) is 0 Å². The van der Waals surface area contributed by atoms with E-state index >= 15 is 0 Å². The van der Waals surface area contributed by atoms with Crippen LogP contribution in [-0.2, 0) is 9.53 Å². The Balaban J connectivity index is 2.89. The normalized spacial score (nSPS) is 12.6. The number of carbonyl (C=O) groups is 2. The average Bonchev–Trinajstić information content (AvgIpc) is 2.24. The number of carboxylic acids is 1. The molecule has 0 aliphatic heterocycles. The lowest BCUT2D eigenvalue weighted by atomic mass is 10.1. The third-order valence-corrected chi connectivity index (χ3v) is 3.11. The maximum Gasteiger partial charge on any atom is 0.408 e. The van der Waals surface area contributed by atoms with Gasteiger partial charge in [0.1, 0.15) is 5.60 Å². The molecule has 0 heterocycles. The van der Waals surface area contributed by atoms with Crippen molar-refractivity contribution in [1.29, 1.82) is 0 Å². The molecule has 2 N–H and O–H groups in total. The Morgan fingerprint density at radius 3 is 2.37 bits per heavy atom. The molecule has 1 aromatic carbocycles. The van der Waals surface area contributed by atoms with Gasteiger partial charge in [0.15, 0.2) is 6.04 Å². The first-order valence-corrected chi connectivity index (χ1v) is 6.75. The Morgan fingerprint density at radius 2 is 1.89 bits per heavy atom. The Labute approximate surface area is 125 Å². The zero-order valence-electron chi connectivity index (χ0n) is 10.9. The fraction of sp³-hybridized carbons (Fsp3) is 0.385. The molecule has 0 bridgehead atoms. The number of benzene rings is 1. The van der Waals surface area contributed by atoms with Crippen LogP contribution in [0.25, 0.3) is 0 Å². The topological polar surface area (TPSA) is 75.6 Å². The van der Waals surface area contributed by atoms with Crippen molar-refractivity contribution in [2.45, 2.75) is 32.4 Å². The third kappa shape index (κ3) is 5.06. The van der Waals surface area contributed by atoms with Crippen LogP contribution in [0.5, 0.6) is 0 Å². The Morgan fingerprint density at radius 1 is 1.32 bits per heavy atom. The minimum atomic E-state index is -1.13. The summed E-state index contributed by atoms with van der Waals surface area (Å²) in [5.41, 5.74) is -0.141. The van der Waals surface area contributed by atoms with Crippen LogP contribution in [0.2, 0.25) is 0 Å². The number of carboxylic acid groups (broad SMARTS) is 1. The first-order valence-electron chi connectivity index (χ1n) is 5.67. The van der Waals surface area contributed by atoms with E-state index in [1.807, 2.05) is 22.6 Å². The van der Waals surface area contributed by atoms with Crippen LogP contribution in [0.3, 0.4) is 0 Å². The van der Waals surface area contributed by atoms with E-state index < -0.39 is 23.7 Å². The van der Waals surface area contributed by atoms with E-state index in [0.717, 1.165) is 3.57 Å². The van der Waals surface area contributed by atoms with Gasteiger partial charge in [-0.3, -0.25) is 0 Å². The van der Waals surface area contributed by atoms with Gasteiger partial charge in [0, 0.05) is 3.57 Å². The van der Waals surface area contributed by atoms with Crippen molar-refractivity contribution < 1.29 is 19.4 Å². The molecule has 1 rings (SSSR count). The maximum atomic E-state index is 11.7. The molecule has 0 aliphatic rings. The van der Waals surface area contributed by atoms with Crippen LogP contribution in [0.15, 0.2) is 24.3 Å². The second-order valence-corrected chi connectivity index (χ2v) is 6.10. The molecule has 1 amide bonds. The fourth-order valence-electron chi connectivity index (χ4n) is 1.41. The summed E-state index contributed by atoms with van der Waals surface area (Å²) in [6.07, 6.45) is -0.750. The number of rotatable bonds is 3.